The van der Waals surface area contributed by atoms with Crippen LogP contribution in [0.3, 0.4) is 0 Å². The lowest BCUT2D eigenvalue weighted by Gasteiger charge is -2.52. The monoisotopic (exact) mass is 687 g/mol. The number of piperazine rings is 1. The van der Waals surface area contributed by atoms with Crippen LogP contribution in [0.1, 0.15) is 80.1 Å². The molecule has 2 amide bonds. The SMILES string of the molecule is O=C(O)c1ccc(Oc2ccc(CN3CCC4(CC3)C(=O)N[C@@H](CC3CCCCC3)C(=O)N4CCCCI)cc2)cc1. The third-order valence-corrected chi connectivity index (χ3v) is 9.98. The molecule has 0 unspecified atom stereocenters. The Hall–Kier alpha value is -2.66. The molecule has 0 bridgehead atoms. The van der Waals surface area contributed by atoms with Gasteiger partial charge in [-0.3, -0.25) is 14.5 Å². The van der Waals surface area contributed by atoms with E-state index in [0.29, 0.717) is 36.8 Å². The van der Waals surface area contributed by atoms with Gasteiger partial charge < -0.3 is 20.1 Å². The Morgan fingerprint density at radius 2 is 1.60 bits per heavy atom. The van der Waals surface area contributed by atoms with Gasteiger partial charge in [0.15, 0.2) is 0 Å². The van der Waals surface area contributed by atoms with E-state index >= 15 is 0 Å². The summed E-state index contributed by atoms with van der Waals surface area (Å²) in [5.74, 6) is 1.02. The van der Waals surface area contributed by atoms with E-state index in [1.165, 1.54) is 44.2 Å². The van der Waals surface area contributed by atoms with Gasteiger partial charge in [0.25, 0.3) is 0 Å². The molecule has 0 aromatic heterocycles. The number of nitrogens with zero attached hydrogens (tertiary/aromatic N) is 2. The second-order valence-electron chi connectivity index (χ2n) is 12.0. The lowest BCUT2D eigenvalue weighted by molar-refractivity contribution is -0.162. The number of carbonyl (C=O) groups is 3. The fraction of sp³-hybridized carbons (Fsp3) is 0.545. The number of carboxylic acid groups (broad SMARTS) is 1. The minimum absolute atomic E-state index is 0.0509. The molecule has 0 radical (unpaired) electrons. The van der Waals surface area contributed by atoms with Crippen molar-refractivity contribution >= 4 is 40.4 Å². The molecule has 2 aromatic rings. The Kier molecular flexibility index (Phi) is 10.4. The topological polar surface area (TPSA) is 99.2 Å². The average Bonchev–Trinajstić information content (AvgIpc) is 3.00. The molecule has 3 aliphatic rings. The number of likely N-dealkylation sites (tertiary alicyclic amines) is 1. The number of amides is 2. The van der Waals surface area contributed by atoms with Gasteiger partial charge in [-0.15, -0.1) is 0 Å². The highest BCUT2D eigenvalue weighted by molar-refractivity contribution is 14.1. The van der Waals surface area contributed by atoms with Crippen LogP contribution in [-0.2, 0) is 16.1 Å². The Labute approximate surface area is 262 Å². The summed E-state index contributed by atoms with van der Waals surface area (Å²) >= 11 is 2.38. The normalized spacial score (nSPS) is 21.4. The van der Waals surface area contributed by atoms with Crippen molar-refractivity contribution in [3.05, 3.63) is 59.7 Å². The van der Waals surface area contributed by atoms with Crippen molar-refractivity contribution in [2.24, 2.45) is 5.92 Å². The lowest BCUT2D eigenvalue weighted by Crippen LogP contribution is -2.73. The van der Waals surface area contributed by atoms with Crippen LogP contribution in [0, 0.1) is 5.92 Å². The van der Waals surface area contributed by atoms with E-state index in [1.807, 2.05) is 29.2 Å². The minimum Gasteiger partial charge on any atom is -0.478 e. The summed E-state index contributed by atoms with van der Waals surface area (Å²) in [6, 6.07) is 13.9. The molecule has 1 saturated carbocycles. The predicted molar refractivity (Wildman–Crippen MR) is 170 cm³/mol. The number of benzene rings is 2. The maximum atomic E-state index is 13.9. The van der Waals surface area contributed by atoms with Crippen molar-refractivity contribution in [2.45, 2.75) is 82.3 Å². The van der Waals surface area contributed by atoms with Crippen LogP contribution in [-0.4, -0.2) is 68.3 Å². The number of nitrogens with one attached hydrogen (secondary N) is 1. The zero-order chi connectivity index (χ0) is 29.5. The van der Waals surface area contributed by atoms with Crippen LogP contribution in [0.2, 0.25) is 0 Å². The van der Waals surface area contributed by atoms with Gasteiger partial charge in [-0.1, -0.05) is 66.8 Å². The number of carbonyl (C=O) groups excluding carboxylic acids is 2. The molecule has 5 rings (SSSR count). The molecule has 2 aliphatic heterocycles. The number of carboxylic acids is 1. The molecule has 226 valence electrons. The van der Waals surface area contributed by atoms with Gasteiger partial charge >= 0.3 is 5.97 Å². The Morgan fingerprint density at radius 3 is 2.21 bits per heavy atom. The Balaban J connectivity index is 1.19. The first-order chi connectivity index (χ1) is 20.4. The van der Waals surface area contributed by atoms with Crippen molar-refractivity contribution in [1.82, 2.24) is 15.1 Å². The summed E-state index contributed by atoms with van der Waals surface area (Å²) in [6.07, 6.45) is 10.2. The molecule has 2 saturated heterocycles. The first-order valence-electron chi connectivity index (χ1n) is 15.4. The molecule has 1 atom stereocenters. The molecular weight excluding hydrogens is 645 g/mol. The fourth-order valence-corrected chi connectivity index (χ4v) is 7.32. The number of hydrogen-bond donors (Lipinski definition) is 2. The van der Waals surface area contributed by atoms with Gasteiger partial charge in [-0.25, -0.2) is 4.79 Å². The van der Waals surface area contributed by atoms with Crippen LogP contribution >= 0.6 is 22.6 Å². The van der Waals surface area contributed by atoms with Crippen molar-refractivity contribution in [3.63, 3.8) is 0 Å². The second kappa shape index (κ2) is 14.2. The van der Waals surface area contributed by atoms with E-state index in [1.54, 1.807) is 12.1 Å². The molecule has 3 fully saturated rings. The van der Waals surface area contributed by atoms with Gasteiger partial charge in [0, 0.05) is 26.2 Å². The maximum absolute atomic E-state index is 13.9. The van der Waals surface area contributed by atoms with Crippen LogP contribution in [0.4, 0.5) is 0 Å². The zero-order valence-electron chi connectivity index (χ0n) is 24.2. The highest BCUT2D eigenvalue weighted by Crippen LogP contribution is 2.36. The van der Waals surface area contributed by atoms with Crippen LogP contribution in [0.5, 0.6) is 11.5 Å². The summed E-state index contributed by atoms with van der Waals surface area (Å²) in [5.41, 5.74) is 0.629. The molecule has 1 spiro atoms. The second-order valence-corrected chi connectivity index (χ2v) is 13.1. The number of aromatic carboxylic acids is 1. The molecule has 8 nitrogen and oxygen atoms in total. The number of rotatable bonds is 11. The van der Waals surface area contributed by atoms with Crippen molar-refractivity contribution < 1.29 is 24.2 Å². The van der Waals surface area contributed by atoms with Gasteiger partial charge in [0.1, 0.15) is 23.1 Å². The molecule has 2 heterocycles. The van der Waals surface area contributed by atoms with Gasteiger partial charge in [0.05, 0.1) is 5.56 Å². The number of unbranched alkanes of at least 4 members (excludes halogenated alkanes) is 1. The van der Waals surface area contributed by atoms with E-state index in [0.717, 1.165) is 48.9 Å². The van der Waals surface area contributed by atoms with Gasteiger partial charge in [0.2, 0.25) is 11.8 Å². The van der Waals surface area contributed by atoms with Crippen molar-refractivity contribution in [1.29, 1.82) is 0 Å². The van der Waals surface area contributed by atoms with E-state index in [-0.39, 0.29) is 23.4 Å². The smallest absolute Gasteiger partial charge is 0.335 e. The van der Waals surface area contributed by atoms with E-state index in [2.05, 4.69) is 32.8 Å². The number of ether oxygens (including phenoxy) is 1. The first-order valence-corrected chi connectivity index (χ1v) is 16.9. The maximum Gasteiger partial charge on any atom is 0.335 e. The van der Waals surface area contributed by atoms with Crippen LogP contribution < -0.4 is 10.1 Å². The summed E-state index contributed by atoms with van der Waals surface area (Å²) in [5, 5.41) is 12.3. The number of alkyl halides is 1. The van der Waals surface area contributed by atoms with Gasteiger partial charge in [-0.2, -0.15) is 0 Å². The summed E-state index contributed by atoms with van der Waals surface area (Å²) < 4.78 is 6.93. The lowest BCUT2D eigenvalue weighted by atomic mass is 9.79. The largest absolute Gasteiger partial charge is 0.478 e. The van der Waals surface area contributed by atoms with E-state index < -0.39 is 11.5 Å². The number of piperidine rings is 1. The molecule has 9 heteroatoms. The standard InChI is InChI=1S/C33H42IN3O5/c34-18-4-5-19-37-30(38)29(22-24-6-2-1-3-7-24)35-32(41)33(37)16-20-36(21-17-33)23-25-8-12-27(13-9-25)42-28-14-10-26(11-15-28)31(39)40/h8-15,24,29H,1-7,16-23H2,(H,35,41)(H,39,40)/t29-/m0/s1. The quantitative estimate of drug-likeness (QED) is 0.170. The Morgan fingerprint density at radius 1 is 0.952 bits per heavy atom. The van der Waals surface area contributed by atoms with Gasteiger partial charge in [-0.05, 0) is 84.4 Å². The average molecular weight is 688 g/mol. The molecule has 2 N–H and O–H groups in total. The zero-order valence-corrected chi connectivity index (χ0v) is 26.4. The summed E-state index contributed by atoms with van der Waals surface area (Å²) in [6.45, 7) is 2.94. The molecule has 42 heavy (non-hydrogen) atoms. The highest BCUT2D eigenvalue weighted by atomic mass is 127. The van der Waals surface area contributed by atoms with Crippen LogP contribution in [0.25, 0.3) is 0 Å². The number of hydrogen-bond acceptors (Lipinski definition) is 5. The summed E-state index contributed by atoms with van der Waals surface area (Å²) in [7, 11) is 0. The van der Waals surface area contributed by atoms with Crippen LogP contribution in [0.15, 0.2) is 48.5 Å². The minimum atomic E-state index is -0.965. The van der Waals surface area contributed by atoms with E-state index in [4.69, 9.17) is 9.84 Å². The fourth-order valence-electron chi connectivity index (χ4n) is 6.78. The molecule has 1 aliphatic carbocycles. The van der Waals surface area contributed by atoms with Crippen molar-refractivity contribution in [3.8, 4) is 11.5 Å². The number of halogens is 1. The highest BCUT2D eigenvalue weighted by Gasteiger charge is 2.53. The Bertz CT molecular complexity index is 1220. The third kappa shape index (κ3) is 7.27. The first kappa shape index (κ1) is 30.8. The van der Waals surface area contributed by atoms with E-state index in [9.17, 15) is 14.4 Å². The van der Waals surface area contributed by atoms with Crippen molar-refractivity contribution in [2.75, 3.05) is 24.1 Å². The third-order valence-electron chi connectivity index (χ3n) is 9.22. The molecule has 2 aromatic carbocycles. The molecular formula is C33H42IN3O5. The predicted octanol–water partition coefficient (Wildman–Crippen LogP) is 6.02. The summed E-state index contributed by atoms with van der Waals surface area (Å²) in [4.78, 5) is 43.0.